The number of amides is 2. The van der Waals surface area contributed by atoms with Crippen molar-refractivity contribution in [2.45, 2.75) is 38.3 Å². The summed E-state index contributed by atoms with van der Waals surface area (Å²) in [6, 6.07) is 7.72. The molecule has 5 nitrogen and oxygen atoms in total. The molecule has 22 heavy (non-hydrogen) atoms. The predicted molar refractivity (Wildman–Crippen MR) is 81.9 cm³/mol. The lowest BCUT2D eigenvalue weighted by Gasteiger charge is -2.32. The predicted octanol–water partition coefficient (Wildman–Crippen LogP) is 1.46. The normalized spacial score (nSPS) is 21.1. The van der Waals surface area contributed by atoms with Gasteiger partial charge in [0, 0.05) is 32.5 Å². The Bertz CT molecular complexity index is 573. The summed E-state index contributed by atoms with van der Waals surface area (Å²) in [5.74, 6) is 0.259. The summed E-state index contributed by atoms with van der Waals surface area (Å²) in [6.07, 6.45) is 2.09. The number of fused-ring (bicyclic) bond motifs is 1. The minimum Gasteiger partial charge on any atom is -0.387 e. The second-order valence-corrected chi connectivity index (χ2v) is 6.08. The zero-order valence-electron chi connectivity index (χ0n) is 12.7. The van der Waals surface area contributed by atoms with Gasteiger partial charge in [0.2, 0.25) is 11.8 Å². The highest BCUT2D eigenvalue weighted by Crippen LogP contribution is 2.26. The highest BCUT2D eigenvalue weighted by molar-refractivity contribution is 5.78. The van der Waals surface area contributed by atoms with Gasteiger partial charge in [-0.1, -0.05) is 24.3 Å². The van der Waals surface area contributed by atoms with Gasteiger partial charge in [0.05, 0.1) is 12.6 Å². The van der Waals surface area contributed by atoms with Gasteiger partial charge in [0.25, 0.3) is 0 Å². The highest BCUT2D eigenvalue weighted by Gasteiger charge is 2.26. The number of carbonyl (C=O) groups excluding carboxylic acids is 2. The molecule has 0 aromatic heterocycles. The highest BCUT2D eigenvalue weighted by atomic mass is 16.3. The van der Waals surface area contributed by atoms with Gasteiger partial charge in [-0.2, -0.15) is 0 Å². The van der Waals surface area contributed by atoms with E-state index in [-0.39, 0.29) is 11.8 Å². The third-order valence-electron chi connectivity index (χ3n) is 4.51. The van der Waals surface area contributed by atoms with Crippen molar-refractivity contribution in [1.82, 2.24) is 9.80 Å². The molecule has 2 amide bonds. The number of rotatable bonds is 4. The smallest absolute Gasteiger partial charge is 0.223 e. The van der Waals surface area contributed by atoms with Crippen LogP contribution in [0.2, 0.25) is 0 Å². The fraction of sp³-hybridized carbons (Fsp3) is 0.529. The number of hydrogen-bond donors (Lipinski definition) is 1. The van der Waals surface area contributed by atoms with E-state index in [1.165, 1.54) is 0 Å². The molecule has 1 aromatic rings. The molecule has 1 aromatic carbocycles. The minimum absolute atomic E-state index is 0.0557. The molecule has 2 aliphatic rings. The van der Waals surface area contributed by atoms with Crippen LogP contribution in [0.4, 0.5) is 0 Å². The standard InChI is InChI=1S/C17H22N2O3/c20-15-12-19(11-13-5-1-2-6-14(13)15)17(22)8-4-10-18-9-3-7-16(18)21/h1-2,5-6,15,20H,3-4,7-12H2. The first kappa shape index (κ1) is 15.0. The summed E-state index contributed by atoms with van der Waals surface area (Å²) in [5.41, 5.74) is 1.94. The van der Waals surface area contributed by atoms with Crippen LogP contribution in [0, 0.1) is 0 Å². The molecule has 0 spiro atoms. The summed E-state index contributed by atoms with van der Waals surface area (Å²) < 4.78 is 0. The maximum Gasteiger partial charge on any atom is 0.223 e. The summed E-state index contributed by atoms with van der Waals surface area (Å²) in [7, 11) is 0. The molecule has 1 fully saturated rings. The third-order valence-corrected chi connectivity index (χ3v) is 4.51. The fourth-order valence-corrected chi connectivity index (χ4v) is 3.29. The second-order valence-electron chi connectivity index (χ2n) is 6.08. The first-order valence-corrected chi connectivity index (χ1v) is 7.96. The molecule has 1 N–H and O–H groups in total. The number of aliphatic hydroxyl groups is 1. The molecule has 2 aliphatic heterocycles. The first-order valence-electron chi connectivity index (χ1n) is 7.96. The molecule has 1 unspecified atom stereocenters. The lowest BCUT2D eigenvalue weighted by Crippen LogP contribution is -2.38. The van der Waals surface area contributed by atoms with Gasteiger partial charge in [-0.15, -0.1) is 0 Å². The van der Waals surface area contributed by atoms with Crippen molar-refractivity contribution in [3.05, 3.63) is 35.4 Å². The van der Waals surface area contributed by atoms with E-state index >= 15 is 0 Å². The summed E-state index contributed by atoms with van der Waals surface area (Å²) >= 11 is 0. The summed E-state index contributed by atoms with van der Waals surface area (Å²) in [4.78, 5) is 27.4. The van der Waals surface area contributed by atoms with Gasteiger partial charge in [-0.3, -0.25) is 9.59 Å². The Morgan fingerprint density at radius 1 is 1.32 bits per heavy atom. The molecule has 3 rings (SSSR count). The van der Waals surface area contributed by atoms with Crippen LogP contribution in [0.1, 0.15) is 42.9 Å². The van der Waals surface area contributed by atoms with Crippen LogP contribution in [0.3, 0.4) is 0 Å². The molecule has 118 valence electrons. The van der Waals surface area contributed by atoms with Gasteiger partial charge in [0.15, 0.2) is 0 Å². The number of likely N-dealkylation sites (tertiary alicyclic amines) is 1. The average molecular weight is 302 g/mol. The van der Waals surface area contributed by atoms with Crippen LogP contribution in [0.5, 0.6) is 0 Å². The van der Waals surface area contributed by atoms with Crippen molar-refractivity contribution >= 4 is 11.8 Å². The molecule has 0 saturated carbocycles. The van der Waals surface area contributed by atoms with E-state index in [4.69, 9.17) is 0 Å². The maximum absolute atomic E-state index is 12.3. The topological polar surface area (TPSA) is 60.9 Å². The second kappa shape index (κ2) is 6.48. The summed E-state index contributed by atoms with van der Waals surface area (Å²) in [6.45, 7) is 2.41. The Morgan fingerprint density at radius 3 is 2.91 bits per heavy atom. The Labute approximate surface area is 130 Å². The van der Waals surface area contributed by atoms with E-state index in [0.29, 0.717) is 38.9 Å². The Kier molecular flexibility index (Phi) is 4.43. The van der Waals surface area contributed by atoms with Crippen LogP contribution < -0.4 is 0 Å². The van der Waals surface area contributed by atoms with E-state index in [1.54, 1.807) is 4.90 Å². The molecule has 1 atom stereocenters. The fourth-order valence-electron chi connectivity index (χ4n) is 3.29. The van der Waals surface area contributed by atoms with Crippen LogP contribution in [-0.2, 0) is 16.1 Å². The van der Waals surface area contributed by atoms with E-state index in [1.807, 2.05) is 29.2 Å². The van der Waals surface area contributed by atoms with Gasteiger partial charge in [-0.05, 0) is 24.0 Å². The Hall–Kier alpha value is -1.88. The SMILES string of the molecule is O=C1CCCN1CCCC(=O)N1Cc2ccccc2C(O)C1. The number of hydrogen-bond acceptors (Lipinski definition) is 3. The number of benzene rings is 1. The molecular weight excluding hydrogens is 280 g/mol. The van der Waals surface area contributed by atoms with Gasteiger partial charge < -0.3 is 14.9 Å². The van der Waals surface area contributed by atoms with E-state index < -0.39 is 6.10 Å². The lowest BCUT2D eigenvalue weighted by atomic mass is 9.97. The maximum atomic E-state index is 12.3. The van der Waals surface area contributed by atoms with Gasteiger partial charge in [0.1, 0.15) is 0 Å². The quantitative estimate of drug-likeness (QED) is 0.916. The molecule has 1 saturated heterocycles. The van der Waals surface area contributed by atoms with Crippen molar-refractivity contribution in [3.63, 3.8) is 0 Å². The molecule has 2 heterocycles. The minimum atomic E-state index is -0.603. The van der Waals surface area contributed by atoms with Crippen molar-refractivity contribution < 1.29 is 14.7 Å². The van der Waals surface area contributed by atoms with Crippen LogP contribution in [0.25, 0.3) is 0 Å². The molecule has 0 aliphatic carbocycles. The van der Waals surface area contributed by atoms with Crippen LogP contribution in [-0.4, -0.2) is 46.4 Å². The van der Waals surface area contributed by atoms with E-state index in [0.717, 1.165) is 24.1 Å². The number of carbonyl (C=O) groups is 2. The molecule has 5 heteroatoms. The van der Waals surface area contributed by atoms with E-state index in [2.05, 4.69) is 0 Å². The van der Waals surface area contributed by atoms with E-state index in [9.17, 15) is 14.7 Å². The van der Waals surface area contributed by atoms with Crippen molar-refractivity contribution in [3.8, 4) is 0 Å². The number of nitrogens with zero attached hydrogens (tertiary/aromatic N) is 2. The van der Waals surface area contributed by atoms with Crippen LogP contribution >= 0.6 is 0 Å². The molecule has 0 bridgehead atoms. The zero-order valence-corrected chi connectivity index (χ0v) is 12.7. The molecule has 0 radical (unpaired) electrons. The number of β-amino-alcohol motifs (C(OH)–C–C–N with tert-alkyl or cyclic N) is 1. The third kappa shape index (κ3) is 3.14. The molecular formula is C17H22N2O3. The first-order chi connectivity index (χ1) is 10.6. The lowest BCUT2D eigenvalue weighted by molar-refractivity contribution is -0.135. The van der Waals surface area contributed by atoms with Crippen molar-refractivity contribution in [1.29, 1.82) is 0 Å². The monoisotopic (exact) mass is 302 g/mol. The summed E-state index contributed by atoms with van der Waals surface area (Å²) in [5, 5.41) is 10.2. The van der Waals surface area contributed by atoms with Crippen LogP contribution in [0.15, 0.2) is 24.3 Å². The zero-order chi connectivity index (χ0) is 15.5. The Balaban J connectivity index is 1.52. The Morgan fingerprint density at radius 2 is 2.14 bits per heavy atom. The average Bonchev–Trinajstić information content (AvgIpc) is 2.92. The van der Waals surface area contributed by atoms with Gasteiger partial charge >= 0.3 is 0 Å². The van der Waals surface area contributed by atoms with Crippen molar-refractivity contribution in [2.24, 2.45) is 0 Å². The van der Waals surface area contributed by atoms with Gasteiger partial charge in [-0.25, -0.2) is 0 Å². The number of aliphatic hydroxyl groups excluding tert-OH is 1. The van der Waals surface area contributed by atoms with Crippen molar-refractivity contribution in [2.75, 3.05) is 19.6 Å². The largest absolute Gasteiger partial charge is 0.387 e.